The quantitative estimate of drug-likeness (QED) is 0.874. The van der Waals surface area contributed by atoms with Crippen molar-refractivity contribution in [2.75, 3.05) is 32.6 Å². The van der Waals surface area contributed by atoms with Crippen molar-refractivity contribution in [1.29, 1.82) is 0 Å². The lowest BCUT2D eigenvalue weighted by Crippen LogP contribution is -2.35. The zero-order chi connectivity index (χ0) is 16.4. The summed E-state index contributed by atoms with van der Waals surface area (Å²) in [6.07, 6.45) is 0.869. The average Bonchev–Trinajstić information content (AvgIpc) is 2.60. The maximum Gasteiger partial charge on any atom is 0.254 e. The first-order valence-corrected chi connectivity index (χ1v) is 7.81. The number of hydrogen-bond acceptors (Lipinski definition) is 3. The molecule has 4 heteroatoms. The number of amides is 1. The van der Waals surface area contributed by atoms with E-state index in [1.54, 1.807) is 7.11 Å². The maximum atomic E-state index is 12.7. The Kier molecular flexibility index (Phi) is 4.24. The van der Waals surface area contributed by atoms with Crippen molar-refractivity contribution in [1.82, 2.24) is 4.90 Å². The third-order valence-corrected chi connectivity index (χ3v) is 4.34. The SMILES string of the molecule is COc1ccc2c(c1)CCN(C(=O)c1ccc(N(C)C)cc1)C2. The molecule has 0 aromatic heterocycles. The van der Waals surface area contributed by atoms with E-state index in [0.717, 1.165) is 30.0 Å². The Morgan fingerprint density at radius 1 is 1.09 bits per heavy atom. The highest BCUT2D eigenvalue weighted by atomic mass is 16.5. The molecule has 0 fully saturated rings. The first-order chi connectivity index (χ1) is 11.1. The zero-order valence-electron chi connectivity index (χ0n) is 13.9. The first-order valence-electron chi connectivity index (χ1n) is 7.81. The lowest BCUT2D eigenvalue weighted by molar-refractivity contribution is 0.0734. The smallest absolute Gasteiger partial charge is 0.254 e. The molecule has 1 amide bonds. The van der Waals surface area contributed by atoms with E-state index in [9.17, 15) is 4.79 Å². The Hall–Kier alpha value is -2.49. The number of carbonyl (C=O) groups is 1. The van der Waals surface area contributed by atoms with Gasteiger partial charge in [-0.3, -0.25) is 4.79 Å². The van der Waals surface area contributed by atoms with Crippen molar-refractivity contribution in [3.8, 4) is 5.75 Å². The largest absolute Gasteiger partial charge is 0.497 e. The molecule has 0 saturated carbocycles. The Bertz CT molecular complexity index is 708. The lowest BCUT2D eigenvalue weighted by Gasteiger charge is -2.29. The van der Waals surface area contributed by atoms with Crippen molar-refractivity contribution in [3.63, 3.8) is 0 Å². The van der Waals surface area contributed by atoms with E-state index in [-0.39, 0.29) is 5.91 Å². The van der Waals surface area contributed by atoms with Crippen LogP contribution in [0.4, 0.5) is 5.69 Å². The van der Waals surface area contributed by atoms with Crippen LogP contribution in [-0.2, 0) is 13.0 Å². The minimum Gasteiger partial charge on any atom is -0.497 e. The van der Waals surface area contributed by atoms with E-state index < -0.39 is 0 Å². The van der Waals surface area contributed by atoms with Crippen molar-refractivity contribution in [2.24, 2.45) is 0 Å². The fourth-order valence-corrected chi connectivity index (χ4v) is 2.91. The summed E-state index contributed by atoms with van der Waals surface area (Å²) in [6.45, 7) is 1.40. The molecule has 0 unspecified atom stereocenters. The molecule has 0 bridgehead atoms. The standard InChI is InChI=1S/C19H22N2O2/c1-20(2)17-7-4-14(5-8-17)19(22)21-11-10-15-12-18(23-3)9-6-16(15)13-21/h4-9,12H,10-11,13H2,1-3H3. The summed E-state index contributed by atoms with van der Waals surface area (Å²) in [4.78, 5) is 16.6. The molecule has 1 aliphatic heterocycles. The van der Waals surface area contributed by atoms with E-state index in [1.807, 2.05) is 54.2 Å². The van der Waals surface area contributed by atoms with Crippen LogP contribution in [0.25, 0.3) is 0 Å². The van der Waals surface area contributed by atoms with E-state index in [4.69, 9.17) is 4.74 Å². The second-order valence-corrected chi connectivity index (χ2v) is 6.05. The Morgan fingerprint density at radius 3 is 2.48 bits per heavy atom. The number of hydrogen-bond donors (Lipinski definition) is 0. The number of ether oxygens (including phenoxy) is 1. The van der Waals surface area contributed by atoms with Gasteiger partial charge in [0.15, 0.2) is 0 Å². The fourth-order valence-electron chi connectivity index (χ4n) is 2.91. The van der Waals surface area contributed by atoms with Gasteiger partial charge in [-0.25, -0.2) is 0 Å². The molecule has 0 radical (unpaired) electrons. The molecule has 1 heterocycles. The van der Waals surface area contributed by atoms with Crippen molar-refractivity contribution in [3.05, 3.63) is 59.2 Å². The molecule has 0 aliphatic carbocycles. The first kappa shape index (κ1) is 15.4. The van der Waals surface area contributed by atoms with Crippen LogP contribution in [0.3, 0.4) is 0 Å². The van der Waals surface area contributed by atoms with Crippen LogP contribution < -0.4 is 9.64 Å². The summed E-state index contributed by atoms with van der Waals surface area (Å²) in [7, 11) is 5.66. The van der Waals surface area contributed by atoms with Gasteiger partial charge < -0.3 is 14.5 Å². The molecule has 1 aliphatic rings. The predicted molar refractivity (Wildman–Crippen MR) is 92.2 cm³/mol. The molecular formula is C19H22N2O2. The highest BCUT2D eigenvalue weighted by Gasteiger charge is 2.22. The third kappa shape index (κ3) is 3.16. The van der Waals surface area contributed by atoms with Crippen LogP contribution in [0, 0.1) is 0 Å². The Morgan fingerprint density at radius 2 is 1.83 bits per heavy atom. The zero-order valence-corrected chi connectivity index (χ0v) is 13.9. The maximum absolute atomic E-state index is 12.7. The van der Waals surface area contributed by atoms with E-state index >= 15 is 0 Å². The number of methoxy groups -OCH3 is 1. The molecule has 2 aromatic carbocycles. The molecule has 0 saturated heterocycles. The number of rotatable bonds is 3. The summed E-state index contributed by atoms with van der Waals surface area (Å²) < 4.78 is 5.27. The monoisotopic (exact) mass is 310 g/mol. The van der Waals surface area contributed by atoms with Crippen molar-refractivity contribution >= 4 is 11.6 Å². The van der Waals surface area contributed by atoms with Gasteiger partial charge in [-0.2, -0.15) is 0 Å². The lowest BCUT2D eigenvalue weighted by atomic mass is 9.98. The van der Waals surface area contributed by atoms with Crippen LogP contribution in [-0.4, -0.2) is 38.6 Å². The molecular weight excluding hydrogens is 288 g/mol. The van der Waals surface area contributed by atoms with Gasteiger partial charge in [-0.15, -0.1) is 0 Å². The summed E-state index contributed by atoms with van der Waals surface area (Å²) in [5.74, 6) is 0.972. The molecule has 0 spiro atoms. The predicted octanol–water partition coefficient (Wildman–Crippen LogP) is 2.96. The highest BCUT2D eigenvalue weighted by molar-refractivity contribution is 5.94. The minimum absolute atomic E-state index is 0.0942. The average molecular weight is 310 g/mol. The van der Waals surface area contributed by atoms with Gasteiger partial charge in [0.05, 0.1) is 7.11 Å². The Balaban J connectivity index is 1.76. The van der Waals surface area contributed by atoms with E-state index in [1.165, 1.54) is 11.1 Å². The van der Waals surface area contributed by atoms with Gasteiger partial charge in [0.1, 0.15) is 5.75 Å². The molecule has 120 valence electrons. The number of anilines is 1. The van der Waals surface area contributed by atoms with Gasteiger partial charge >= 0.3 is 0 Å². The Labute approximate surface area is 137 Å². The highest BCUT2D eigenvalue weighted by Crippen LogP contribution is 2.25. The topological polar surface area (TPSA) is 32.8 Å². The van der Waals surface area contributed by atoms with Gasteiger partial charge in [0.2, 0.25) is 0 Å². The van der Waals surface area contributed by atoms with Crippen molar-refractivity contribution in [2.45, 2.75) is 13.0 Å². The second-order valence-electron chi connectivity index (χ2n) is 6.05. The summed E-state index contributed by atoms with van der Waals surface area (Å²) in [5.41, 5.74) is 4.32. The molecule has 0 atom stereocenters. The van der Waals surface area contributed by atoms with Crippen LogP contribution in [0.2, 0.25) is 0 Å². The number of benzene rings is 2. The molecule has 3 rings (SSSR count). The van der Waals surface area contributed by atoms with Gasteiger partial charge in [-0.1, -0.05) is 6.07 Å². The minimum atomic E-state index is 0.0942. The van der Waals surface area contributed by atoms with Crippen molar-refractivity contribution < 1.29 is 9.53 Å². The molecule has 4 nitrogen and oxygen atoms in total. The normalized spacial score (nSPS) is 13.4. The molecule has 0 N–H and O–H groups in total. The van der Waals surface area contributed by atoms with E-state index in [0.29, 0.717) is 6.54 Å². The molecule has 23 heavy (non-hydrogen) atoms. The van der Waals surface area contributed by atoms with Gasteiger partial charge in [0, 0.05) is 38.4 Å². The van der Waals surface area contributed by atoms with Crippen LogP contribution in [0.5, 0.6) is 5.75 Å². The summed E-state index contributed by atoms with van der Waals surface area (Å²) in [5, 5.41) is 0. The van der Waals surface area contributed by atoms with Crippen LogP contribution >= 0.6 is 0 Å². The number of fused-ring (bicyclic) bond motifs is 1. The fraction of sp³-hybridized carbons (Fsp3) is 0.316. The number of nitrogens with zero attached hydrogens (tertiary/aromatic N) is 2. The van der Waals surface area contributed by atoms with Gasteiger partial charge in [-0.05, 0) is 53.9 Å². The van der Waals surface area contributed by atoms with Gasteiger partial charge in [0.25, 0.3) is 5.91 Å². The summed E-state index contributed by atoms with van der Waals surface area (Å²) in [6, 6.07) is 13.9. The second kappa shape index (κ2) is 6.32. The summed E-state index contributed by atoms with van der Waals surface area (Å²) >= 11 is 0. The molecule has 2 aromatic rings. The number of carbonyl (C=O) groups excluding carboxylic acids is 1. The third-order valence-electron chi connectivity index (χ3n) is 4.34. The van der Waals surface area contributed by atoms with E-state index in [2.05, 4.69) is 12.1 Å². The van der Waals surface area contributed by atoms with Crippen LogP contribution in [0.1, 0.15) is 21.5 Å². The van der Waals surface area contributed by atoms with Crippen LogP contribution in [0.15, 0.2) is 42.5 Å².